The van der Waals surface area contributed by atoms with Gasteiger partial charge in [-0.1, -0.05) is 180 Å². The standard InChI is InChI=1S/3C22H21ClN2O3S/c2*1-28-20(26)12-11-16(13-15-7-3-2-4-8-15)21(27)25-22-24-19(14-29-22)17-9-5-6-10-18(17)23;1-25(22-24-19(14-29-22)17-9-5-6-10-18(17)23)21(28)16(11-12-20(26)27)13-15-7-3-2-4-8-15/h2*2-10,14,16H,11-13H2,1H3,(H,24,25,27);2-10,14,16H,11-13H2,1H3,(H,26,27)/t3*16-/m100/s1. The fourth-order valence-corrected chi connectivity index (χ4v) is 11.9. The van der Waals surface area contributed by atoms with Crippen LogP contribution in [0.1, 0.15) is 55.2 Å². The SMILES string of the molecule is CN(C(=O)[C@@H](CCC(=O)O)Cc1ccccc1)c1nc(-c2ccccc2Cl)cs1.COC(=O)CC[C@@H](Cc1ccccc1)C(=O)Nc1nc(-c2ccccc2Cl)cs1.COC(=O)CC[C@H](Cc1ccccc1)C(=O)Nc1nc(-c2ccccc2Cl)cs1. The fraction of sp³-hybridized carbons (Fsp3) is 0.227. The smallest absolute Gasteiger partial charge is 0.305 e. The van der Waals surface area contributed by atoms with Crippen LogP contribution in [0.4, 0.5) is 15.4 Å². The van der Waals surface area contributed by atoms with Crippen LogP contribution in [-0.4, -0.2) is 77.0 Å². The lowest BCUT2D eigenvalue weighted by molar-refractivity contribution is -0.142. The number of nitrogens with zero attached hydrogens (tertiary/aromatic N) is 4. The highest BCUT2D eigenvalue weighted by atomic mass is 35.5. The van der Waals surface area contributed by atoms with Gasteiger partial charge >= 0.3 is 17.9 Å². The quantitative estimate of drug-likeness (QED) is 0.0483. The molecule has 0 aliphatic carbocycles. The van der Waals surface area contributed by atoms with Gasteiger partial charge in [-0.05, 0) is 73.4 Å². The average molecular weight is 1290 g/mol. The van der Waals surface area contributed by atoms with Gasteiger partial charge in [0, 0.05) is 92.0 Å². The molecule has 450 valence electrons. The van der Waals surface area contributed by atoms with Crippen LogP contribution in [0.5, 0.6) is 0 Å². The summed E-state index contributed by atoms with van der Waals surface area (Å²) in [4.78, 5) is 88.2. The molecule has 15 nitrogen and oxygen atoms in total. The summed E-state index contributed by atoms with van der Waals surface area (Å²) in [6, 6.07) is 51.4. The van der Waals surface area contributed by atoms with Crippen LogP contribution in [-0.2, 0) is 57.5 Å². The van der Waals surface area contributed by atoms with Crippen molar-refractivity contribution in [3.8, 4) is 33.8 Å². The third kappa shape index (κ3) is 20.8. The van der Waals surface area contributed by atoms with E-state index in [1.165, 1.54) is 53.1 Å². The molecule has 3 aromatic heterocycles. The summed E-state index contributed by atoms with van der Waals surface area (Å²) in [5.41, 5.74) is 7.65. The number of aromatic nitrogens is 3. The lowest BCUT2D eigenvalue weighted by Crippen LogP contribution is -2.34. The van der Waals surface area contributed by atoms with Crippen molar-refractivity contribution in [1.82, 2.24) is 15.0 Å². The van der Waals surface area contributed by atoms with Crippen molar-refractivity contribution in [2.75, 3.05) is 36.8 Å². The normalized spacial score (nSPS) is 11.7. The number of halogens is 3. The molecule has 9 aromatic rings. The van der Waals surface area contributed by atoms with Gasteiger partial charge in [0.1, 0.15) is 0 Å². The van der Waals surface area contributed by atoms with Crippen LogP contribution >= 0.6 is 68.8 Å². The van der Waals surface area contributed by atoms with Crippen molar-refractivity contribution in [1.29, 1.82) is 0 Å². The van der Waals surface area contributed by atoms with Gasteiger partial charge in [0.05, 0.1) is 31.3 Å². The summed E-state index contributed by atoms with van der Waals surface area (Å²) in [7, 11) is 4.37. The molecule has 0 unspecified atom stereocenters. The monoisotopic (exact) mass is 1280 g/mol. The van der Waals surface area contributed by atoms with E-state index in [9.17, 15) is 28.8 Å². The molecule has 6 aromatic carbocycles. The predicted molar refractivity (Wildman–Crippen MR) is 349 cm³/mol. The highest BCUT2D eigenvalue weighted by molar-refractivity contribution is 7.14. The van der Waals surface area contributed by atoms with Crippen molar-refractivity contribution >= 4 is 120 Å². The summed E-state index contributed by atoms with van der Waals surface area (Å²) in [5, 5.41) is 23.8. The molecule has 0 radical (unpaired) electrons. The molecule has 9 rings (SSSR count). The number of methoxy groups -OCH3 is 2. The summed E-state index contributed by atoms with van der Waals surface area (Å²) in [6.07, 6.45) is 2.94. The van der Waals surface area contributed by atoms with Crippen LogP contribution in [0.25, 0.3) is 33.8 Å². The van der Waals surface area contributed by atoms with E-state index in [1.807, 2.05) is 162 Å². The number of esters is 2. The number of carboxylic acids is 1. The van der Waals surface area contributed by atoms with Gasteiger partial charge in [-0.3, -0.25) is 33.7 Å². The van der Waals surface area contributed by atoms with E-state index >= 15 is 0 Å². The number of anilines is 3. The topological polar surface area (TPSA) is 207 Å². The van der Waals surface area contributed by atoms with Crippen molar-refractivity contribution in [3.05, 3.63) is 212 Å². The van der Waals surface area contributed by atoms with Gasteiger partial charge in [0.2, 0.25) is 17.7 Å². The van der Waals surface area contributed by atoms with Crippen LogP contribution < -0.4 is 15.5 Å². The highest BCUT2D eigenvalue weighted by Gasteiger charge is 2.27. The summed E-state index contributed by atoms with van der Waals surface area (Å²) in [6.45, 7) is 0. The van der Waals surface area contributed by atoms with Crippen LogP contribution in [0.15, 0.2) is 180 Å². The van der Waals surface area contributed by atoms with Crippen molar-refractivity contribution in [3.63, 3.8) is 0 Å². The Bertz CT molecular complexity index is 3540. The zero-order valence-corrected chi connectivity index (χ0v) is 52.5. The number of benzene rings is 6. The number of nitrogens with one attached hydrogen (secondary N) is 2. The summed E-state index contributed by atoms with van der Waals surface area (Å²) >= 11 is 22.8. The van der Waals surface area contributed by atoms with Crippen LogP contribution in [0.3, 0.4) is 0 Å². The largest absolute Gasteiger partial charge is 0.481 e. The Morgan fingerprint density at radius 2 is 0.805 bits per heavy atom. The Kier molecular flexibility index (Phi) is 26.2. The molecule has 0 aliphatic rings. The number of carboxylic acid groups (broad SMARTS) is 1. The zero-order valence-electron chi connectivity index (χ0n) is 47.8. The first kappa shape index (κ1) is 66.4. The van der Waals surface area contributed by atoms with E-state index in [0.717, 1.165) is 33.4 Å². The maximum Gasteiger partial charge on any atom is 0.305 e. The summed E-state index contributed by atoms with van der Waals surface area (Å²) in [5.74, 6) is -3.23. The molecule has 3 atom stereocenters. The number of hydrogen-bond acceptors (Lipinski definition) is 14. The van der Waals surface area contributed by atoms with Gasteiger partial charge in [-0.25, -0.2) is 15.0 Å². The predicted octanol–water partition coefficient (Wildman–Crippen LogP) is 15.6. The minimum absolute atomic E-state index is 0.0557. The van der Waals surface area contributed by atoms with E-state index in [4.69, 9.17) is 49.4 Å². The molecule has 0 saturated heterocycles. The Hall–Kier alpha value is -8.10. The van der Waals surface area contributed by atoms with E-state index < -0.39 is 11.9 Å². The molecule has 0 bridgehead atoms. The number of amides is 3. The second-order valence-corrected chi connectivity index (χ2v) is 23.5. The lowest BCUT2D eigenvalue weighted by Gasteiger charge is -2.21. The number of rotatable bonds is 24. The summed E-state index contributed by atoms with van der Waals surface area (Å²) < 4.78 is 9.44. The van der Waals surface area contributed by atoms with Gasteiger partial charge in [0.25, 0.3) is 0 Å². The number of hydrogen-bond donors (Lipinski definition) is 3. The van der Waals surface area contributed by atoms with Gasteiger partial charge in [-0.2, -0.15) is 0 Å². The van der Waals surface area contributed by atoms with Gasteiger partial charge < -0.3 is 25.2 Å². The number of thiazole rings is 3. The lowest BCUT2D eigenvalue weighted by atomic mass is 9.93. The molecule has 87 heavy (non-hydrogen) atoms. The maximum atomic E-state index is 13.1. The van der Waals surface area contributed by atoms with Crippen LogP contribution in [0.2, 0.25) is 15.1 Å². The van der Waals surface area contributed by atoms with Crippen LogP contribution in [0, 0.1) is 17.8 Å². The Balaban J connectivity index is 0.000000186. The number of ether oxygens (including phenoxy) is 2. The number of carbonyl (C=O) groups excluding carboxylic acids is 5. The first-order chi connectivity index (χ1) is 42.1. The molecule has 3 N–H and O–H groups in total. The average Bonchev–Trinajstić information content (AvgIpc) is 2.74. The number of carbonyl (C=O) groups is 6. The first-order valence-electron chi connectivity index (χ1n) is 27.6. The highest BCUT2D eigenvalue weighted by Crippen LogP contribution is 2.35. The molecule has 0 spiro atoms. The first-order valence-corrected chi connectivity index (χ1v) is 31.3. The van der Waals surface area contributed by atoms with Gasteiger partial charge in [0.15, 0.2) is 15.4 Å². The van der Waals surface area contributed by atoms with E-state index in [-0.39, 0.29) is 67.2 Å². The Morgan fingerprint density at radius 3 is 1.17 bits per heavy atom. The van der Waals surface area contributed by atoms with Crippen molar-refractivity contribution in [2.24, 2.45) is 17.8 Å². The molecule has 21 heteroatoms. The zero-order chi connectivity index (χ0) is 62.1. The third-order valence-corrected chi connectivity index (χ3v) is 17.1. The van der Waals surface area contributed by atoms with Crippen molar-refractivity contribution < 1.29 is 43.3 Å². The molecule has 0 fully saturated rings. The number of aliphatic carboxylic acids is 1. The molecule has 3 amide bonds. The third-order valence-electron chi connectivity index (χ3n) is 13.6. The Morgan fingerprint density at radius 1 is 0.471 bits per heavy atom. The second-order valence-electron chi connectivity index (χ2n) is 19.7. The molecular formula is C66H63Cl3N6O9S3. The molecule has 3 heterocycles. The second kappa shape index (κ2) is 34.3. The van der Waals surface area contributed by atoms with Gasteiger partial charge in [-0.15, -0.1) is 34.0 Å². The maximum absolute atomic E-state index is 13.1. The molecule has 0 aliphatic heterocycles. The Labute approximate surface area is 532 Å². The van der Waals surface area contributed by atoms with E-state index in [2.05, 4.69) is 25.6 Å². The van der Waals surface area contributed by atoms with Crippen molar-refractivity contribution in [2.45, 2.75) is 57.8 Å². The minimum Gasteiger partial charge on any atom is -0.481 e. The molecule has 0 saturated carbocycles. The fourth-order valence-electron chi connectivity index (χ4n) is 8.99. The molecular weight excluding hydrogens is 1220 g/mol. The van der Waals surface area contributed by atoms with E-state index in [0.29, 0.717) is 79.6 Å². The minimum atomic E-state index is -0.909. The van der Waals surface area contributed by atoms with E-state index in [1.54, 1.807) is 25.2 Å².